The molecule has 0 radical (unpaired) electrons. The highest BCUT2D eigenvalue weighted by Crippen LogP contribution is 2.29. The van der Waals surface area contributed by atoms with Gasteiger partial charge in [0.05, 0.1) is 7.11 Å². The van der Waals surface area contributed by atoms with Gasteiger partial charge in [0, 0.05) is 40.7 Å². The number of nitrogens with zero attached hydrogens (tertiary/aromatic N) is 1. The van der Waals surface area contributed by atoms with Gasteiger partial charge in [-0.1, -0.05) is 12.1 Å². The lowest BCUT2D eigenvalue weighted by molar-refractivity contribution is 0.397. The Morgan fingerprint density at radius 3 is 2.86 bits per heavy atom. The molecule has 21 heavy (non-hydrogen) atoms. The van der Waals surface area contributed by atoms with E-state index in [1.807, 2.05) is 18.3 Å². The van der Waals surface area contributed by atoms with Gasteiger partial charge in [0.1, 0.15) is 0 Å². The lowest BCUT2D eigenvalue weighted by Gasteiger charge is -2.04. The summed E-state index contributed by atoms with van der Waals surface area (Å²) in [4.78, 5) is 6.88. The third kappa shape index (κ3) is 3.69. The topological polar surface area (TPSA) is 34.1 Å². The SMILES string of the molecule is COc1ccc(CNCc2cc(-c3cccs3)cs2)cn1. The number of hydrogen-bond donors (Lipinski definition) is 1. The van der Waals surface area contributed by atoms with Gasteiger partial charge < -0.3 is 10.1 Å². The summed E-state index contributed by atoms with van der Waals surface area (Å²) in [5.74, 6) is 0.651. The first-order valence-corrected chi connectivity index (χ1v) is 8.42. The minimum atomic E-state index is 0.651. The van der Waals surface area contributed by atoms with Gasteiger partial charge >= 0.3 is 0 Å². The Balaban J connectivity index is 1.53. The summed E-state index contributed by atoms with van der Waals surface area (Å²) >= 11 is 3.58. The second kappa shape index (κ2) is 6.85. The van der Waals surface area contributed by atoms with Gasteiger partial charge in [-0.05, 0) is 28.5 Å². The average Bonchev–Trinajstić information content (AvgIpc) is 3.19. The monoisotopic (exact) mass is 316 g/mol. The molecule has 0 bridgehead atoms. The molecular formula is C16H16N2OS2. The summed E-state index contributed by atoms with van der Waals surface area (Å²) in [5, 5.41) is 7.78. The summed E-state index contributed by atoms with van der Waals surface area (Å²) in [6, 6.07) is 10.4. The van der Waals surface area contributed by atoms with Gasteiger partial charge in [-0.2, -0.15) is 0 Å². The van der Waals surface area contributed by atoms with Crippen molar-refractivity contribution in [1.82, 2.24) is 10.3 Å². The molecule has 0 aliphatic rings. The predicted molar refractivity (Wildman–Crippen MR) is 89.0 cm³/mol. The van der Waals surface area contributed by atoms with Gasteiger partial charge in [0.15, 0.2) is 0 Å². The van der Waals surface area contributed by atoms with E-state index in [0.29, 0.717) is 5.88 Å². The molecule has 3 heterocycles. The fourth-order valence-corrected chi connectivity index (χ4v) is 3.65. The zero-order chi connectivity index (χ0) is 14.5. The van der Waals surface area contributed by atoms with E-state index in [1.165, 1.54) is 15.3 Å². The van der Waals surface area contributed by atoms with Gasteiger partial charge in [-0.25, -0.2) is 4.98 Å². The molecule has 0 aliphatic carbocycles. The second-order valence-electron chi connectivity index (χ2n) is 4.59. The molecule has 3 aromatic rings. The third-order valence-corrected chi connectivity index (χ3v) is 4.95. The maximum atomic E-state index is 5.05. The van der Waals surface area contributed by atoms with Crippen molar-refractivity contribution < 1.29 is 4.74 Å². The highest BCUT2D eigenvalue weighted by atomic mass is 32.1. The minimum Gasteiger partial charge on any atom is -0.481 e. The summed E-state index contributed by atoms with van der Waals surface area (Å²) in [6.45, 7) is 1.69. The van der Waals surface area contributed by atoms with Gasteiger partial charge in [0.25, 0.3) is 0 Å². The number of hydrogen-bond acceptors (Lipinski definition) is 5. The van der Waals surface area contributed by atoms with Crippen LogP contribution in [0, 0.1) is 0 Å². The van der Waals surface area contributed by atoms with E-state index in [-0.39, 0.29) is 0 Å². The Bertz CT molecular complexity index is 675. The van der Waals surface area contributed by atoms with Crippen molar-refractivity contribution in [1.29, 1.82) is 0 Å². The summed E-state index contributed by atoms with van der Waals surface area (Å²) in [7, 11) is 1.63. The smallest absolute Gasteiger partial charge is 0.212 e. The van der Waals surface area contributed by atoms with Crippen LogP contribution in [0.3, 0.4) is 0 Å². The standard InChI is InChI=1S/C16H16N2OS2/c1-19-16-5-4-12(9-18-16)8-17-10-14-7-13(11-21-14)15-3-2-6-20-15/h2-7,9,11,17H,8,10H2,1H3. The Morgan fingerprint density at radius 2 is 2.14 bits per heavy atom. The number of pyridine rings is 1. The van der Waals surface area contributed by atoms with E-state index < -0.39 is 0 Å². The molecule has 0 atom stereocenters. The van der Waals surface area contributed by atoms with Gasteiger partial charge in [0.2, 0.25) is 5.88 Å². The zero-order valence-electron chi connectivity index (χ0n) is 11.7. The van der Waals surface area contributed by atoms with E-state index in [0.717, 1.165) is 18.7 Å². The van der Waals surface area contributed by atoms with Crippen molar-refractivity contribution in [3.63, 3.8) is 0 Å². The molecule has 3 aromatic heterocycles. The molecule has 0 amide bonds. The highest BCUT2D eigenvalue weighted by molar-refractivity contribution is 7.14. The van der Waals surface area contributed by atoms with E-state index >= 15 is 0 Å². The number of methoxy groups -OCH3 is 1. The number of nitrogens with one attached hydrogen (secondary N) is 1. The zero-order valence-corrected chi connectivity index (χ0v) is 13.3. The number of aromatic nitrogens is 1. The van der Waals surface area contributed by atoms with Crippen molar-refractivity contribution >= 4 is 22.7 Å². The van der Waals surface area contributed by atoms with Crippen molar-refractivity contribution in [2.45, 2.75) is 13.1 Å². The molecular weight excluding hydrogens is 300 g/mol. The lowest BCUT2D eigenvalue weighted by atomic mass is 10.2. The Kier molecular flexibility index (Phi) is 4.65. The van der Waals surface area contributed by atoms with Crippen LogP contribution in [0.1, 0.15) is 10.4 Å². The summed E-state index contributed by atoms with van der Waals surface area (Å²) in [6.07, 6.45) is 1.84. The summed E-state index contributed by atoms with van der Waals surface area (Å²) in [5.41, 5.74) is 2.48. The third-order valence-electron chi connectivity index (χ3n) is 3.09. The van der Waals surface area contributed by atoms with Gasteiger partial charge in [-0.15, -0.1) is 22.7 Å². The first-order chi connectivity index (χ1) is 10.3. The number of ether oxygens (including phenoxy) is 1. The van der Waals surface area contributed by atoms with E-state index in [2.05, 4.69) is 39.3 Å². The molecule has 0 aromatic carbocycles. The Hall–Kier alpha value is -1.69. The molecule has 108 valence electrons. The molecule has 0 unspecified atom stereocenters. The van der Waals surface area contributed by atoms with Crippen LogP contribution >= 0.6 is 22.7 Å². The Labute approximate surface area is 132 Å². The lowest BCUT2D eigenvalue weighted by Crippen LogP contribution is -2.11. The average molecular weight is 316 g/mol. The maximum absolute atomic E-state index is 5.05. The van der Waals surface area contributed by atoms with E-state index in [4.69, 9.17) is 4.74 Å². The molecule has 3 rings (SSSR count). The molecule has 5 heteroatoms. The molecule has 1 N–H and O–H groups in total. The first-order valence-electron chi connectivity index (χ1n) is 6.66. The highest BCUT2D eigenvalue weighted by Gasteiger charge is 2.03. The normalized spacial score (nSPS) is 10.7. The van der Waals surface area contributed by atoms with Crippen LogP contribution in [0.25, 0.3) is 10.4 Å². The summed E-state index contributed by atoms with van der Waals surface area (Å²) < 4.78 is 5.05. The van der Waals surface area contributed by atoms with Crippen LogP contribution in [0.4, 0.5) is 0 Å². The van der Waals surface area contributed by atoms with Crippen LogP contribution in [0.15, 0.2) is 47.3 Å². The first kappa shape index (κ1) is 14.3. The Morgan fingerprint density at radius 1 is 1.19 bits per heavy atom. The van der Waals surface area contributed by atoms with E-state index in [9.17, 15) is 0 Å². The molecule has 0 saturated carbocycles. The van der Waals surface area contributed by atoms with Gasteiger partial charge in [-0.3, -0.25) is 0 Å². The van der Waals surface area contributed by atoms with Crippen LogP contribution in [0.5, 0.6) is 5.88 Å². The predicted octanol–water partition coefficient (Wildman–Crippen LogP) is 4.17. The van der Waals surface area contributed by atoms with Crippen LogP contribution in [-0.4, -0.2) is 12.1 Å². The largest absolute Gasteiger partial charge is 0.481 e. The fraction of sp³-hybridized carbons (Fsp3) is 0.188. The second-order valence-corrected chi connectivity index (χ2v) is 6.53. The number of thiophene rings is 2. The van der Waals surface area contributed by atoms with Crippen LogP contribution < -0.4 is 10.1 Å². The van der Waals surface area contributed by atoms with Crippen LogP contribution in [-0.2, 0) is 13.1 Å². The minimum absolute atomic E-state index is 0.651. The molecule has 0 aliphatic heterocycles. The van der Waals surface area contributed by atoms with Crippen molar-refractivity contribution in [3.05, 3.63) is 57.7 Å². The fourth-order valence-electron chi connectivity index (χ4n) is 2.01. The van der Waals surface area contributed by atoms with Crippen LogP contribution in [0.2, 0.25) is 0 Å². The van der Waals surface area contributed by atoms with Crippen molar-refractivity contribution in [2.75, 3.05) is 7.11 Å². The quantitative estimate of drug-likeness (QED) is 0.741. The van der Waals surface area contributed by atoms with Crippen molar-refractivity contribution in [3.8, 4) is 16.3 Å². The molecule has 3 nitrogen and oxygen atoms in total. The molecule has 0 spiro atoms. The number of rotatable bonds is 6. The van der Waals surface area contributed by atoms with Crippen molar-refractivity contribution in [2.24, 2.45) is 0 Å². The molecule has 0 saturated heterocycles. The van der Waals surface area contributed by atoms with E-state index in [1.54, 1.807) is 29.8 Å². The molecule has 0 fully saturated rings. The maximum Gasteiger partial charge on any atom is 0.212 e.